The summed E-state index contributed by atoms with van der Waals surface area (Å²) in [6.07, 6.45) is 1.87. The van der Waals surface area contributed by atoms with Gasteiger partial charge < -0.3 is 4.74 Å². The summed E-state index contributed by atoms with van der Waals surface area (Å²) in [6.45, 7) is 0. The second-order valence-corrected chi connectivity index (χ2v) is 15.4. The Morgan fingerprint density at radius 3 is 1.55 bits per heavy atom. The zero-order valence-electron chi connectivity index (χ0n) is 32.3. The highest BCUT2D eigenvalue weighted by molar-refractivity contribution is 5.96. The summed E-state index contributed by atoms with van der Waals surface area (Å²) < 4.78 is 6.71. The summed E-state index contributed by atoms with van der Waals surface area (Å²) in [6, 6.07) is 70.1. The van der Waals surface area contributed by atoms with Gasteiger partial charge in [0.05, 0.1) is 10.9 Å². The largest absolute Gasteiger partial charge is 0.457 e. The number of hydrogen-bond donors (Lipinski definition) is 0. The first-order valence-corrected chi connectivity index (χ1v) is 20.2. The molecule has 1 aliphatic heterocycles. The molecule has 0 bridgehead atoms. The van der Waals surface area contributed by atoms with Crippen molar-refractivity contribution in [1.82, 2.24) is 19.9 Å². The Labute approximate surface area is 347 Å². The van der Waals surface area contributed by atoms with Crippen molar-refractivity contribution in [3.05, 3.63) is 229 Å². The molecule has 1 spiro atoms. The Morgan fingerprint density at radius 2 is 0.850 bits per heavy atom. The molecule has 8 aromatic carbocycles. The molecule has 0 amide bonds. The third kappa shape index (κ3) is 5.26. The van der Waals surface area contributed by atoms with Crippen LogP contribution in [0.4, 0.5) is 0 Å². The lowest BCUT2D eigenvalue weighted by Crippen LogP contribution is -2.32. The highest BCUT2D eigenvalue weighted by Gasteiger charge is 2.51. The lowest BCUT2D eigenvalue weighted by Gasteiger charge is -2.39. The van der Waals surface area contributed by atoms with Crippen LogP contribution in [-0.2, 0) is 5.41 Å². The van der Waals surface area contributed by atoms with Gasteiger partial charge in [0.25, 0.3) is 0 Å². The standard InChI is InChI=1S/C55H34N4O/c1-3-14-35(15-4-1)38-19-11-20-40(32-38)53-57-52(37-16-5-2-6-17-37)58-54(59-53)41-28-30-44-43-29-27-39(42-22-12-18-36-21-13-31-56-51(36)42)33-47(43)55(48(44)34-41)45-23-7-9-25-49(45)60-50-26-10-8-24-46(50)55/h1-34H. The van der Waals surface area contributed by atoms with Gasteiger partial charge >= 0.3 is 0 Å². The van der Waals surface area contributed by atoms with Gasteiger partial charge in [-0.2, -0.15) is 0 Å². The van der Waals surface area contributed by atoms with Crippen molar-refractivity contribution in [3.8, 4) is 79.0 Å². The Bertz CT molecular complexity index is 3260. The van der Waals surface area contributed by atoms with Gasteiger partial charge in [-0.3, -0.25) is 4.98 Å². The molecule has 10 aromatic rings. The number of pyridine rings is 1. The van der Waals surface area contributed by atoms with Crippen LogP contribution in [-0.4, -0.2) is 19.9 Å². The number of nitrogens with zero attached hydrogens (tertiary/aromatic N) is 4. The number of hydrogen-bond acceptors (Lipinski definition) is 5. The number of ether oxygens (including phenoxy) is 1. The van der Waals surface area contributed by atoms with Crippen LogP contribution in [0.5, 0.6) is 11.5 Å². The third-order valence-electron chi connectivity index (χ3n) is 12.0. The van der Waals surface area contributed by atoms with Crippen LogP contribution >= 0.6 is 0 Å². The van der Waals surface area contributed by atoms with E-state index in [0.29, 0.717) is 17.5 Å². The minimum Gasteiger partial charge on any atom is -0.457 e. The number of rotatable bonds is 5. The highest BCUT2D eigenvalue weighted by atomic mass is 16.5. The summed E-state index contributed by atoms with van der Waals surface area (Å²) >= 11 is 0. The Balaban J connectivity index is 1.10. The first-order chi connectivity index (χ1) is 29.7. The van der Waals surface area contributed by atoms with Gasteiger partial charge in [-0.25, -0.2) is 15.0 Å². The van der Waals surface area contributed by atoms with Crippen molar-refractivity contribution < 1.29 is 4.74 Å². The van der Waals surface area contributed by atoms with E-state index >= 15 is 0 Å². The van der Waals surface area contributed by atoms with Crippen LogP contribution in [0.3, 0.4) is 0 Å². The lowest BCUT2D eigenvalue weighted by molar-refractivity contribution is 0.436. The minimum absolute atomic E-state index is 0.606. The molecule has 0 saturated carbocycles. The van der Waals surface area contributed by atoms with E-state index in [2.05, 4.69) is 170 Å². The van der Waals surface area contributed by atoms with Crippen molar-refractivity contribution in [2.24, 2.45) is 0 Å². The molecule has 0 atom stereocenters. The van der Waals surface area contributed by atoms with Gasteiger partial charge in [0, 0.05) is 45.0 Å². The predicted octanol–water partition coefficient (Wildman–Crippen LogP) is 13.2. The van der Waals surface area contributed by atoms with E-state index in [-0.39, 0.29) is 0 Å². The summed E-state index contributed by atoms with van der Waals surface area (Å²) in [5.41, 5.74) is 14.3. The average Bonchev–Trinajstić information content (AvgIpc) is 3.61. The molecule has 12 rings (SSSR count). The normalized spacial score (nSPS) is 12.9. The number of benzene rings is 8. The maximum Gasteiger partial charge on any atom is 0.164 e. The van der Waals surface area contributed by atoms with Crippen LogP contribution in [0.2, 0.25) is 0 Å². The summed E-state index contributed by atoms with van der Waals surface area (Å²) in [7, 11) is 0. The minimum atomic E-state index is -0.706. The van der Waals surface area contributed by atoms with Crippen LogP contribution in [0, 0.1) is 0 Å². The molecular weight excluding hydrogens is 733 g/mol. The lowest BCUT2D eigenvalue weighted by atomic mass is 9.65. The van der Waals surface area contributed by atoms with Crippen molar-refractivity contribution in [2.45, 2.75) is 5.41 Å². The molecule has 0 fully saturated rings. The molecule has 0 saturated heterocycles. The first kappa shape index (κ1) is 34.1. The molecule has 2 aliphatic rings. The van der Waals surface area contributed by atoms with Crippen molar-refractivity contribution >= 4 is 10.9 Å². The zero-order valence-corrected chi connectivity index (χ0v) is 32.3. The van der Waals surface area contributed by atoms with Crippen LogP contribution in [0.15, 0.2) is 206 Å². The van der Waals surface area contributed by atoms with Gasteiger partial charge in [-0.05, 0) is 75.3 Å². The zero-order chi connectivity index (χ0) is 39.6. The molecule has 60 heavy (non-hydrogen) atoms. The molecule has 0 unspecified atom stereocenters. The molecule has 0 radical (unpaired) electrons. The van der Waals surface area contributed by atoms with Crippen molar-refractivity contribution in [3.63, 3.8) is 0 Å². The van der Waals surface area contributed by atoms with Gasteiger partial charge in [0.2, 0.25) is 0 Å². The molecule has 3 heterocycles. The van der Waals surface area contributed by atoms with Crippen molar-refractivity contribution in [2.75, 3.05) is 0 Å². The Kier molecular flexibility index (Phi) is 7.69. The fourth-order valence-corrected chi connectivity index (χ4v) is 9.36. The van der Waals surface area contributed by atoms with E-state index in [1.165, 1.54) is 11.1 Å². The molecular formula is C55H34N4O. The van der Waals surface area contributed by atoms with E-state index in [4.69, 9.17) is 24.7 Å². The van der Waals surface area contributed by atoms with E-state index < -0.39 is 5.41 Å². The van der Waals surface area contributed by atoms with E-state index in [0.717, 1.165) is 83.6 Å². The van der Waals surface area contributed by atoms with Gasteiger partial charge in [0.1, 0.15) is 11.5 Å². The fraction of sp³-hybridized carbons (Fsp3) is 0.0182. The number of para-hydroxylation sites is 3. The quantitative estimate of drug-likeness (QED) is 0.175. The third-order valence-corrected chi connectivity index (χ3v) is 12.0. The summed E-state index contributed by atoms with van der Waals surface area (Å²) in [4.78, 5) is 20.4. The van der Waals surface area contributed by atoms with Gasteiger partial charge in [-0.1, -0.05) is 164 Å². The Morgan fingerprint density at radius 1 is 0.333 bits per heavy atom. The van der Waals surface area contributed by atoms with Crippen LogP contribution < -0.4 is 4.74 Å². The molecule has 2 aromatic heterocycles. The van der Waals surface area contributed by atoms with E-state index in [1.54, 1.807) is 0 Å². The first-order valence-electron chi connectivity index (χ1n) is 20.2. The topological polar surface area (TPSA) is 60.8 Å². The maximum absolute atomic E-state index is 6.71. The van der Waals surface area contributed by atoms with E-state index in [1.807, 2.05) is 36.5 Å². The Hall–Kier alpha value is -8.02. The van der Waals surface area contributed by atoms with Gasteiger partial charge in [0.15, 0.2) is 17.5 Å². The monoisotopic (exact) mass is 766 g/mol. The van der Waals surface area contributed by atoms with Crippen LogP contribution in [0.25, 0.3) is 78.4 Å². The molecule has 0 N–H and O–H groups in total. The maximum atomic E-state index is 6.71. The second-order valence-electron chi connectivity index (χ2n) is 15.4. The average molecular weight is 767 g/mol. The predicted molar refractivity (Wildman–Crippen MR) is 240 cm³/mol. The van der Waals surface area contributed by atoms with Crippen molar-refractivity contribution in [1.29, 1.82) is 0 Å². The SMILES string of the molecule is c1ccc(-c2cccc(-c3nc(-c4ccccc4)nc(-c4ccc5c(c4)C4(c6ccccc6Oc6ccccc64)c4cc(-c6cccc7cccnc67)ccc4-5)n3)c2)cc1. The molecule has 5 nitrogen and oxygen atoms in total. The summed E-state index contributed by atoms with van der Waals surface area (Å²) in [5.74, 6) is 3.52. The van der Waals surface area contributed by atoms with Gasteiger partial charge in [-0.15, -0.1) is 0 Å². The number of aromatic nitrogens is 4. The smallest absolute Gasteiger partial charge is 0.164 e. The molecule has 5 heteroatoms. The molecule has 280 valence electrons. The summed E-state index contributed by atoms with van der Waals surface area (Å²) in [5, 5.41) is 1.11. The molecule has 1 aliphatic carbocycles. The fourth-order valence-electron chi connectivity index (χ4n) is 9.36. The van der Waals surface area contributed by atoms with E-state index in [9.17, 15) is 0 Å². The second kappa shape index (κ2) is 13.5. The number of fused-ring (bicyclic) bond motifs is 10. The highest BCUT2D eigenvalue weighted by Crippen LogP contribution is 2.62. The van der Waals surface area contributed by atoms with Crippen LogP contribution in [0.1, 0.15) is 22.3 Å².